The maximum atomic E-state index is 12.3. The highest BCUT2D eigenvalue weighted by molar-refractivity contribution is 7.89. The van der Waals surface area contributed by atoms with Gasteiger partial charge in [-0.15, -0.1) is 0 Å². The first kappa shape index (κ1) is 14.6. The Bertz CT molecular complexity index is 630. The standard InChI is InChI=1S/C12H17N3O4S/c1-15-6-5-9(12(15)16)14-20(17,18)11-4-3-8(13)7-10(11)19-2/h3-4,7,9,14H,5-6,13H2,1-2H3. The average Bonchev–Trinajstić information content (AvgIpc) is 2.69. The maximum Gasteiger partial charge on any atom is 0.244 e. The molecule has 1 saturated heterocycles. The van der Waals surface area contributed by atoms with Crippen LogP contribution >= 0.6 is 0 Å². The number of nitrogens with zero attached hydrogens (tertiary/aromatic N) is 1. The Morgan fingerprint density at radius 2 is 2.15 bits per heavy atom. The van der Waals surface area contributed by atoms with Crippen molar-refractivity contribution in [1.29, 1.82) is 0 Å². The van der Waals surface area contributed by atoms with Crippen LogP contribution in [0.3, 0.4) is 0 Å². The van der Waals surface area contributed by atoms with Crippen LogP contribution in [0.2, 0.25) is 0 Å². The Kier molecular flexibility index (Phi) is 3.87. The molecule has 1 fully saturated rings. The molecule has 0 bridgehead atoms. The molecule has 20 heavy (non-hydrogen) atoms. The molecule has 0 radical (unpaired) electrons. The van der Waals surface area contributed by atoms with Crippen molar-refractivity contribution in [2.24, 2.45) is 0 Å². The van der Waals surface area contributed by atoms with Gasteiger partial charge in [-0.3, -0.25) is 4.79 Å². The molecule has 1 aliphatic rings. The van der Waals surface area contributed by atoms with Crippen LogP contribution in [0.15, 0.2) is 23.1 Å². The second kappa shape index (κ2) is 5.29. The topological polar surface area (TPSA) is 102 Å². The van der Waals surface area contributed by atoms with Gasteiger partial charge < -0.3 is 15.4 Å². The molecule has 1 aromatic rings. The van der Waals surface area contributed by atoms with E-state index in [1.807, 2.05) is 0 Å². The van der Waals surface area contributed by atoms with Gasteiger partial charge >= 0.3 is 0 Å². The second-order valence-corrected chi connectivity index (χ2v) is 6.32. The summed E-state index contributed by atoms with van der Waals surface area (Å²) in [4.78, 5) is 13.2. The van der Waals surface area contributed by atoms with Crippen LogP contribution in [0.5, 0.6) is 5.75 Å². The molecule has 1 unspecified atom stereocenters. The Hall–Kier alpha value is -1.80. The Morgan fingerprint density at radius 1 is 1.45 bits per heavy atom. The number of likely N-dealkylation sites (N-methyl/N-ethyl adjacent to an activating group) is 1. The number of likely N-dealkylation sites (tertiary alicyclic amines) is 1. The summed E-state index contributed by atoms with van der Waals surface area (Å²) in [5.74, 6) is -0.0840. The minimum atomic E-state index is -3.84. The molecule has 1 amide bonds. The number of rotatable bonds is 4. The molecular weight excluding hydrogens is 282 g/mol. The summed E-state index contributed by atoms with van der Waals surface area (Å²) in [6.45, 7) is 0.533. The van der Waals surface area contributed by atoms with Gasteiger partial charge in [0.05, 0.1) is 7.11 Å². The number of nitrogens with two attached hydrogens (primary N) is 1. The van der Waals surface area contributed by atoms with Gasteiger partial charge in [-0.05, 0) is 18.6 Å². The smallest absolute Gasteiger partial charge is 0.244 e. The molecule has 1 aliphatic heterocycles. The number of carbonyl (C=O) groups excluding carboxylic acids is 1. The van der Waals surface area contributed by atoms with Crippen molar-refractivity contribution in [3.8, 4) is 5.75 Å². The molecule has 2 rings (SSSR count). The van der Waals surface area contributed by atoms with Crippen molar-refractivity contribution < 1.29 is 17.9 Å². The number of sulfonamides is 1. The lowest BCUT2D eigenvalue weighted by Crippen LogP contribution is -2.40. The van der Waals surface area contributed by atoms with E-state index in [0.717, 1.165) is 0 Å². The zero-order valence-corrected chi connectivity index (χ0v) is 12.1. The molecule has 3 N–H and O–H groups in total. The molecule has 7 nitrogen and oxygen atoms in total. The number of methoxy groups -OCH3 is 1. The molecular formula is C12H17N3O4S. The van der Waals surface area contributed by atoms with Gasteiger partial charge in [0, 0.05) is 25.3 Å². The Morgan fingerprint density at radius 3 is 2.70 bits per heavy atom. The molecule has 0 aromatic heterocycles. The molecule has 0 saturated carbocycles. The second-order valence-electron chi connectivity index (χ2n) is 4.63. The van der Waals surface area contributed by atoms with E-state index < -0.39 is 16.1 Å². The van der Waals surface area contributed by atoms with Gasteiger partial charge in [-0.2, -0.15) is 4.72 Å². The van der Waals surface area contributed by atoms with Crippen molar-refractivity contribution in [2.75, 3.05) is 26.4 Å². The summed E-state index contributed by atoms with van der Waals surface area (Å²) < 4.78 is 32.1. The molecule has 8 heteroatoms. The van der Waals surface area contributed by atoms with Crippen LogP contribution in [0.4, 0.5) is 5.69 Å². The van der Waals surface area contributed by atoms with Gasteiger partial charge in [-0.25, -0.2) is 8.42 Å². The lowest BCUT2D eigenvalue weighted by atomic mass is 10.3. The minimum absolute atomic E-state index is 0.0310. The number of carbonyl (C=O) groups is 1. The van der Waals surface area contributed by atoms with Gasteiger partial charge in [0.2, 0.25) is 15.9 Å². The molecule has 0 aliphatic carbocycles. The van der Waals surface area contributed by atoms with Crippen molar-refractivity contribution in [2.45, 2.75) is 17.4 Å². The van der Waals surface area contributed by atoms with E-state index in [1.165, 1.54) is 30.2 Å². The van der Waals surface area contributed by atoms with E-state index in [0.29, 0.717) is 18.7 Å². The van der Waals surface area contributed by atoms with E-state index in [4.69, 9.17) is 10.5 Å². The molecule has 110 valence electrons. The fraction of sp³-hybridized carbons (Fsp3) is 0.417. The number of hydrogen-bond donors (Lipinski definition) is 2. The third-order valence-corrected chi connectivity index (χ3v) is 4.71. The number of hydrogen-bond acceptors (Lipinski definition) is 5. The number of benzene rings is 1. The first-order valence-corrected chi connectivity index (χ1v) is 7.54. The summed E-state index contributed by atoms with van der Waals surface area (Å²) >= 11 is 0. The van der Waals surface area contributed by atoms with Crippen molar-refractivity contribution in [3.05, 3.63) is 18.2 Å². The summed E-state index contributed by atoms with van der Waals surface area (Å²) in [7, 11) is -0.835. The number of anilines is 1. The zero-order valence-electron chi connectivity index (χ0n) is 11.3. The Labute approximate surface area is 117 Å². The summed E-state index contributed by atoms with van der Waals surface area (Å²) in [5, 5.41) is 0. The summed E-state index contributed by atoms with van der Waals surface area (Å²) in [5.41, 5.74) is 5.99. The number of nitrogens with one attached hydrogen (secondary N) is 1. The van der Waals surface area contributed by atoms with Gasteiger partial charge in [-0.1, -0.05) is 0 Å². The number of nitrogen functional groups attached to an aromatic ring is 1. The maximum absolute atomic E-state index is 12.3. The SMILES string of the molecule is COc1cc(N)ccc1S(=O)(=O)NC1CCN(C)C1=O. The molecule has 0 spiro atoms. The van der Waals surface area contributed by atoms with Crippen molar-refractivity contribution in [3.63, 3.8) is 0 Å². The van der Waals surface area contributed by atoms with Crippen molar-refractivity contribution >= 4 is 21.6 Å². The van der Waals surface area contributed by atoms with Crippen LogP contribution in [0, 0.1) is 0 Å². The summed E-state index contributed by atoms with van der Waals surface area (Å²) in [6.07, 6.45) is 0.450. The highest BCUT2D eigenvalue weighted by Gasteiger charge is 2.33. The van der Waals surface area contributed by atoms with Gasteiger partial charge in [0.1, 0.15) is 16.7 Å². The normalized spacial score (nSPS) is 19.4. The highest BCUT2D eigenvalue weighted by atomic mass is 32.2. The fourth-order valence-corrected chi connectivity index (χ4v) is 3.46. The predicted octanol–water partition coefficient (Wildman–Crippen LogP) is -0.214. The molecule has 1 atom stereocenters. The van der Waals surface area contributed by atoms with E-state index in [-0.39, 0.29) is 16.6 Å². The number of amides is 1. The van der Waals surface area contributed by atoms with Crippen LogP contribution in [-0.2, 0) is 14.8 Å². The van der Waals surface area contributed by atoms with Crippen LogP contribution < -0.4 is 15.2 Å². The van der Waals surface area contributed by atoms with Gasteiger partial charge in [0.15, 0.2) is 0 Å². The van der Waals surface area contributed by atoms with Crippen LogP contribution in [0.25, 0.3) is 0 Å². The quantitative estimate of drug-likeness (QED) is 0.749. The average molecular weight is 299 g/mol. The first-order valence-electron chi connectivity index (χ1n) is 6.06. The lowest BCUT2D eigenvalue weighted by Gasteiger charge is -2.14. The molecule has 1 aromatic carbocycles. The number of ether oxygens (including phenoxy) is 1. The third kappa shape index (κ3) is 2.70. The first-order chi connectivity index (χ1) is 9.35. The van der Waals surface area contributed by atoms with E-state index in [1.54, 1.807) is 7.05 Å². The fourth-order valence-electron chi connectivity index (χ4n) is 2.09. The summed E-state index contributed by atoms with van der Waals surface area (Å²) in [6, 6.07) is 3.53. The van der Waals surface area contributed by atoms with Crippen LogP contribution in [0.1, 0.15) is 6.42 Å². The van der Waals surface area contributed by atoms with Crippen LogP contribution in [-0.4, -0.2) is 46.0 Å². The minimum Gasteiger partial charge on any atom is -0.495 e. The van der Waals surface area contributed by atoms with Gasteiger partial charge in [0.25, 0.3) is 0 Å². The largest absolute Gasteiger partial charge is 0.495 e. The van der Waals surface area contributed by atoms with E-state index in [9.17, 15) is 13.2 Å². The monoisotopic (exact) mass is 299 g/mol. The third-order valence-electron chi connectivity index (χ3n) is 3.20. The lowest BCUT2D eigenvalue weighted by molar-refractivity contribution is -0.127. The zero-order chi connectivity index (χ0) is 14.9. The molecule has 1 heterocycles. The predicted molar refractivity (Wildman–Crippen MR) is 73.8 cm³/mol. The van der Waals surface area contributed by atoms with E-state index >= 15 is 0 Å². The van der Waals surface area contributed by atoms with Crippen molar-refractivity contribution in [1.82, 2.24) is 9.62 Å². The van der Waals surface area contributed by atoms with E-state index in [2.05, 4.69) is 4.72 Å². The highest BCUT2D eigenvalue weighted by Crippen LogP contribution is 2.26. The Balaban J connectivity index is 2.29.